The summed E-state index contributed by atoms with van der Waals surface area (Å²) in [6.45, 7) is 1.85. The topological polar surface area (TPSA) is 107 Å². The third-order valence-electron chi connectivity index (χ3n) is 3.58. The number of H-pyrrole nitrogens is 1. The number of nitrogens with zero attached hydrogens (tertiary/aromatic N) is 5. The highest BCUT2D eigenvalue weighted by Gasteiger charge is 2.21. The standard InChI is InChI=1S/C13H19N7O2S/c1-19(2)12-10(18-23(21,22)11-8-14-9-16-11)7-15-13(17-12)20-5-3-4-6-20/h7-9,18H,3-6H2,1-2H3,(H,14,16). The van der Waals surface area contributed by atoms with Crippen molar-refractivity contribution >= 4 is 27.5 Å². The number of nitrogens with one attached hydrogen (secondary N) is 2. The lowest BCUT2D eigenvalue weighted by atomic mass is 10.4. The lowest BCUT2D eigenvalue weighted by Gasteiger charge is -2.21. The van der Waals surface area contributed by atoms with E-state index in [2.05, 4.69) is 29.6 Å². The van der Waals surface area contributed by atoms with Gasteiger partial charge in [-0.25, -0.2) is 9.97 Å². The van der Waals surface area contributed by atoms with Gasteiger partial charge in [0.05, 0.1) is 18.7 Å². The van der Waals surface area contributed by atoms with Crippen molar-refractivity contribution in [1.29, 1.82) is 0 Å². The van der Waals surface area contributed by atoms with Gasteiger partial charge in [0.2, 0.25) is 5.95 Å². The fourth-order valence-corrected chi connectivity index (χ4v) is 3.39. The fourth-order valence-electron chi connectivity index (χ4n) is 2.44. The minimum Gasteiger partial charge on any atom is -0.361 e. The van der Waals surface area contributed by atoms with Gasteiger partial charge >= 0.3 is 0 Å². The molecule has 1 fully saturated rings. The number of sulfonamides is 1. The van der Waals surface area contributed by atoms with Gasteiger partial charge in [-0.15, -0.1) is 0 Å². The van der Waals surface area contributed by atoms with Gasteiger partial charge in [0, 0.05) is 27.2 Å². The van der Waals surface area contributed by atoms with Crippen LogP contribution < -0.4 is 14.5 Å². The van der Waals surface area contributed by atoms with Crippen molar-refractivity contribution in [2.24, 2.45) is 0 Å². The minimum absolute atomic E-state index is 0.00849. The second-order valence-corrected chi connectivity index (χ2v) is 7.17. The molecule has 3 rings (SSSR count). The van der Waals surface area contributed by atoms with E-state index in [9.17, 15) is 8.42 Å². The Balaban J connectivity index is 1.92. The molecule has 0 radical (unpaired) electrons. The molecule has 1 saturated heterocycles. The summed E-state index contributed by atoms with van der Waals surface area (Å²) in [6.07, 6.45) is 6.30. The molecule has 0 saturated carbocycles. The Kier molecular flexibility index (Phi) is 4.07. The Morgan fingerprint density at radius 1 is 1.26 bits per heavy atom. The fraction of sp³-hybridized carbons (Fsp3) is 0.462. The minimum atomic E-state index is -3.75. The molecule has 1 aliphatic rings. The van der Waals surface area contributed by atoms with E-state index in [1.165, 1.54) is 18.7 Å². The number of aromatic nitrogens is 4. The van der Waals surface area contributed by atoms with E-state index in [0.29, 0.717) is 17.5 Å². The summed E-state index contributed by atoms with van der Waals surface area (Å²) in [5.74, 6) is 1.14. The van der Waals surface area contributed by atoms with Gasteiger partial charge in [-0.1, -0.05) is 0 Å². The van der Waals surface area contributed by atoms with Gasteiger partial charge in [-0.3, -0.25) is 4.72 Å². The zero-order chi connectivity index (χ0) is 16.4. The average molecular weight is 337 g/mol. The highest BCUT2D eigenvalue weighted by Crippen LogP contribution is 2.27. The third-order valence-corrected chi connectivity index (χ3v) is 4.87. The Morgan fingerprint density at radius 2 is 2.00 bits per heavy atom. The molecule has 0 bridgehead atoms. The van der Waals surface area contributed by atoms with Gasteiger partial charge in [0.1, 0.15) is 5.69 Å². The second kappa shape index (κ2) is 6.03. The zero-order valence-electron chi connectivity index (χ0n) is 13.0. The van der Waals surface area contributed by atoms with Crippen LogP contribution in [-0.4, -0.2) is 55.5 Å². The van der Waals surface area contributed by atoms with Gasteiger partial charge in [-0.2, -0.15) is 13.4 Å². The van der Waals surface area contributed by atoms with Crippen molar-refractivity contribution in [2.75, 3.05) is 41.7 Å². The molecule has 0 amide bonds. The van der Waals surface area contributed by atoms with Crippen LogP contribution in [0.4, 0.5) is 17.5 Å². The summed E-state index contributed by atoms with van der Waals surface area (Å²) in [4.78, 5) is 19.0. The first-order chi connectivity index (χ1) is 11.0. The van der Waals surface area contributed by atoms with E-state index >= 15 is 0 Å². The van der Waals surface area contributed by atoms with E-state index in [4.69, 9.17) is 0 Å². The maximum atomic E-state index is 12.3. The van der Waals surface area contributed by atoms with Crippen LogP contribution in [0, 0.1) is 0 Å². The van der Waals surface area contributed by atoms with E-state index < -0.39 is 10.0 Å². The van der Waals surface area contributed by atoms with Gasteiger partial charge in [0.15, 0.2) is 10.8 Å². The zero-order valence-corrected chi connectivity index (χ0v) is 13.8. The van der Waals surface area contributed by atoms with E-state index in [0.717, 1.165) is 25.9 Å². The second-order valence-electron chi connectivity index (χ2n) is 5.52. The van der Waals surface area contributed by atoms with Crippen LogP contribution in [0.1, 0.15) is 12.8 Å². The molecule has 0 unspecified atom stereocenters. The number of hydrogen-bond acceptors (Lipinski definition) is 7. The van der Waals surface area contributed by atoms with Crippen LogP contribution in [0.3, 0.4) is 0 Å². The molecule has 124 valence electrons. The largest absolute Gasteiger partial charge is 0.361 e. The molecule has 1 aliphatic heterocycles. The first kappa shape index (κ1) is 15.5. The number of imidazole rings is 1. The Bertz CT molecular complexity index is 768. The molecular formula is C13H19N7O2S. The van der Waals surface area contributed by atoms with E-state index in [-0.39, 0.29) is 5.03 Å². The van der Waals surface area contributed by atoms with Crippen LogP contribution >= 0.6 is 0 Å². The molecule has 0 aromatic carbocycles. The molecule has 0 spiro atoms. The van der Waals surface area contributed by atoms with E-state index in [1.807, 2.05) is 14.1 Å². The first-order valence-electron chi connectivity index (χ1n) is 7.28. The maximum absolute atomic E-state index is 12.3. The number of hydrogen-bond donors (Lipinski definition) is 2. The predicted octanol–water partition coefficient (Wildman–Crippen LogP) is 0.667. The molecule has 2 aromatic heterocycles. The molecule has 23 heavy (non-hydrogen) atoms. The highest BCUT2D eigenvalue weighted by molar-refractivity contribution is 7.92. The summed E-state index contributed by atoms with van der Waals surface area (Å²) in [5, 5.41) is -0.00849. The van der Waals surface area contributed by atoms with Gasteiger partial charge < -0.3 is 14.8 Å². The average Bonchev–Trinajstić information content (AvgIpc) is 3.21. The number of anilines is 3. The number of aromatic amines is 1. The van der Waals surface area contributed by atoms with Crippen LogP contribution in [-0.2, 0) is 10.0 Å². The Labute approximate surface area is 134 Å². The SMILES string of the molecule is CN(C)c1nc(N2CCCC2)ncc1NS(=O)(=O)c1cnc[nH]1. The third kappa shape index (κ3) is 3.21. The summed E-state index contributed by atoms with van der Waals surface area (Å²) in [5.41, 5.74) is 0.326. The van der Waals surface area contributed by atoms with Crippen molar-refractivity contribution in [3.05, 3.63) is 18.7 Å². The van der Waals surface area contributed by atoms with Crippen LogP contribution in [0.25, 0.3) is 0 Å². The van der Waals surface area contributed by atoms with Gasteiger partial charge in [0.25, 0.3) is 10.0 Å². The molecule has 0 aliphatic carbocycles. The quantitative estimate of drug-likeness (QED) is 0.825. The lowest BCUT2D eigenvalue weighted by Crippen LogP contribution is -2.24. The molecule has 10 heteroatoms. The van der Waals surface area contributed by atoms with Crippen LogP contribution in [0.5, 0.6) is 0 Å². The molecule has 9 nitrogen and oxygen atoms in total. The summed E-state index contributed by atoms with van der Waals surface area (Å²) >= 11 is 0. The molecule has 2 N–H and O–H groups in total. The summed E-state index contributed by atoms with van der Waals surface area (Å²) < 4.78 is 27.1. The lowest BCUT2D eigenvalue weighted by molar-refractivity contribution is 0.598. The van der Waals surface area contributed by atoms with Gasteiger partial charge in [-0.05, 0) is 12.8 Å². The van der Waals surface area contributed by atoms with Crippen molar-refractivity contribution in [3.8, 4) is 0 Å². The summed E-state index contributed by atoms with van der Waals surface area (Å²) in [6, 6.07) is 0. The normalized spacial score (nSPS) is 15.0. The Hall–Kier alpha value is -2.36. The van der Waals surface area contributed by atoms with E-state index in [1.54, 1.807) is 4.90 Å². The van der Waals surface area contributed by atoms with Crippen molar-refractivity contribution in [2.45, 2.75) is 17.9 Å². The van der Waals surface area contributed by atoms with Crippen molar-refractivity contribution in [1.82, 2.24) is 19.9 Å². The molecule has 3 heterocycles. The van der Waals surface area contributed by atoms with Crippen molar-refractivity contribution in [3.63, 3.8) is 0 Å². The summed E-state index contributed by atoms with van der Waals surface area (Å²) in [7, 11) is -0.127. The smallest absolute Gasteiger partial charge is 0.279 e. The molecule has 0 atom stereocenters. The Morgan fingerprint density at radius 3 is 2.61 bits per heavy atom. The molecular weight excluding hydrogens is 318 g/mol. The monoisotopic (exact) mass is 337 g/mol. The number of rotatable bonds is 5. The first-order valence-corrected chi connectivity index (χ1v) is 8.76. The van der Waals surface area contributed by atoms with Crippen LogP contribution in [0.2, 0.25) is 0 Å². The predicted molar refractivity (Wildman–Crippen MR) is 87.2 cm³/mol. The maximum Gasteiger partial charge on any atom is 0.279 e. The van der Waals surface area contributed by atoms with Crippen molar-refractivity contribution < 1.29 is 8.42 Å². The highest BCUT2D eigenvalue weighted by atomic mass is 32.2. The molecule has 2 aromatic rings. The van der Waals surface area contributed by atoms with Crippen LogP contribution in [0.15, 0.2) is 23.7 Å².